The van der Waals surface area contributed by atoms with Gasteiger partial charge in [0.15, 0.2) is 11.4 Å². The Morgan fingerprint density at radius 2 is 2.26 bits per heavy atom. The topological polar surface area (TPSA) is 34.1 Å². The van der Waals surface area contributed by atoms with Crippen molar-refractivity contribution in [3.63, 3.8) is 0 Å². The van der Waals surface area contributed by atoms with Gasteiger partial charge in [0.25, 0.3) is 5.01 Å². The van der Waals surface area contributed by atoms with Gasteiger partial charge in [0.05, 0.1) is 11.1 Å². The molecule has 1 aliphatic heterocycles. The molecule has 0 aliphatic carbocycles. The zero-order chi connectivity index (χ0) is 12.4. The second-order valence-electron chi connectivity index (χ2n) is 4.70. The largest absolute Gasteiger partial charge is 0.286 e. The maximum atomic E-state index is 4.47. The molecule has 0 amide bonds. The first kappa shape index (κ1) is 9.63. The molecule has 0 unspecified atom stereocenters. The van der Waals surface area contributed by atoms with Crippen LogP contribution in [0.1, 0.15) is 5.69 Å². The number of pyridine rings is 1. The predicted molar refractivity (Wildman–Crippen MR) is 73.1 cm³/mol. The third-order valence-corrected chi connectivity index (χ3v) is 4.90. The molecule has 1 aliphatic rings. The molecule has 0 saturated heterocycles. The van der Waals surface area contributed by atoms with E-state index in [-0.39, 0.29) is 0 Å². The number of fused-ring (bicyclic) bond motifs is 7. The lowest BCUT2D eigenvalue weighted by Crippen LogP contribution is -2.30. The second-order valence-corrected chi connectivity index (χ2v) is 5.68. The Kier molecular flexibility index (Phi) is 1.62. The van der Waals surface area contributed by atoms with E-state index in [1.54, 1.807) is 0 Å². The number of hydrogen-bond donors (Lipinski definition) is 0. The van der Waals surface area contributed by atoms with Gasteiger partial charge in [-0.2, -0.15) is 4.57 Å². The van der Waals surface area contributed by atoms with Crippen LogP contribution in [0.4, 0.5) is 0 Å². The number of nitrogens with zero attached hydrogens (tertiary/aromatic N) is 4. The first-order valence-electron chi connectivity index (χ1n) is 6.13. The van der Waals surface area contributed by atoms with Crippen molar-refractivity contribution < 1.29 is 4.57 Å². The maximum absolute atomic E-state index is 4.47. The molecule has 5 heteroatoms. The van der Waals surface area contributed by atoms with Crippen LogP contribution in [0, 0.1) is 0 Å². The van der Waals surface area contributed by atoms with E-state index in [1.165, 1.54) is 32.1 Å². The molecule has 19 heavy (non-hydrogen) atoms. The van der Waals surface area contributed by atoms with Gasteiger partial charge in [-0.05, 0) is 29.5 Å². The summed E-state index contributed by atoms with van der Waals surface area (Å²) in [6.07, 6.45) is 5.58. The fourth-order valence-electron chi connectivity index (χ4n) is 2.80. The quantitative estimate of drug-likeness (QED) is 0.402. The van der Waals surface area contributed by atoms with E-state index in [1.807, 2.05) is 42.2 Å². The van der Waals surface area contributed by atoms with Gasteiger partial charge in [-0.3, -0.25) is 9.38 Å². The van der Waals surface area contributed by atoms with E-state index in [2.05, 4.69) is 31.1 Å². The summed E-state index contributed by atoms with van der Waals surface area (Å²) in [6, 6.07) is 8.43. The molecule has 5 rings (SSSR count). The van der Waals surface area contributed by atoms with Gasteiger partial charge in [0, 0.05) is 18.5 Å². The van der Waals surface area contributed by atoms with E-state index in [4.69, 9.17) is 0 Å². The molecular weight excluding hydrogens is 256 g/mol. The zero-order valence-corrected chi connectivity index (χ0v) is 10.8. The van der Waals surface area contributed by atoms with E-state index in [0.717, 1.165) is 6.54 Å². The van der Waals surface area contributed by atoms with Crippen LogP contribution in [-0.4, -0.2) is 14.4 Å². The summed E-state index contributed by atoms with van der Waals surface area (Å²) >= 11 is 1.81. The molecule has 4 aromatic rings. The SMILES string of the molecule is c1cnc2c(c1)-c1sc3c(cc4ccncn43)[n+]1C2. The summed E-state index contributed by atoms with van der Waals surface area (Å²) in [5.74, 6) is 0. The van der Waals surface area contributed by atoms with Gasteiger partial charge in [-0.15, -0.1) is 0 Å². The Balaban J connectivity index is 1.93. The molecule has 0 bridgehead atoms. The molecule has 0 fully saturated rings. The average molecular weight is 265 g/mol. The van der Waals surface area contributed by atoms with Crippen molar-refractivity contribution in [1.82, 2.24) is 14.4 Å². The highest BCUT2D eigenvalue weighted by Crippen LogP contribution is 2.35. The molecule has 5 heterocycles. The molecule has 0 atom stereocenters. The smallest absolute Gasteiger partial charge is 0.274 e. The van der Waals surface area contributed by atoms with E-state index in [0.29, 0.717) is 0 Å². The highest BCUT2D eigenvalue weighted by atomic mass is 32.1. The molecule has 4 aromatic heterocycles. The Hall–Kier alpha value is -2.27. The van der Waals surface area contributed by atoms with Crippen molar-refractivity contribution in [3.05, 3.63) is 48.7 Å². The molecule has 0 spiro atoms. The molecule has 0 N–H and O–H groups in total. The predicted octanol–water partition coefficient (Wildman–Crippen LogP) is 2.26. The number of thiazole rings is 1. The van der Waals surface area contributed by atoms with Crippen LogP contribution in [0.3, 0.4) is 0 Å². The van der Waals surface area contributed by atoms with Gasteiger partial charge in [-0.25, -0.2) is 4.98 Å². The molecule has 0 aromatic carbocycles. The van der Waals surface area contributed by atoms with Crippen LogP contribution in [-0.2, 0) is 6.54 Å². The van der Waals surface area contributed by atoms with Gasteiger partial charge in [-0.1, -0.05) is 0 Å². The van der Waals surface area contributed by atoms with E-state index >= 15 is 0 Å². The average Bonchev–Trinajstić information content (AvgIpc) is 3.07. The normalized spacial score (nSPS) is 13.1. The number of rotatable bonds is 0. The van der Waals surface area contributed by atoms with Crippen LogP contribution >= 0.6 is 11.3 Å². The third-order valence-electron chi connectivity index (χ3n) is 3.67. The Morgan fingerprint density at radius 1 is 1.26 bits per heavy atom. The Bertz CT molecular complexity index is 951. The fourth-order valence-corrected chi connectivity index (χ4v) is 4.08. The van der Waals surface area contributed by atoms with Crippen molar-refractivity contribution >= 4 is 27.2 Å². The Morgan fingerprint density at radius 3 is 3.26 bits per heavy atom. The highest BCUT2D eigenvalue weighted by Gasteiger charge is 2.33. The first-order chi connectivity index (χ1) is 9.42. The van der Waals surface area contributed by atoms with Crippen LogP contribution in [0.2, 0.25) is 0 Å². The molecule has 4 nitrogen and oxygen atoms in total. The summed E-state index contributed by atoms with van der Waals surface area (Å²) in [4.78, 5) is 9.94. The lowest BCUT2D eigenvalue weighted by Gasteiger charge is -1.91. The molecular formula is C14H9N4S+. The molecule has 90 valence electrons. The summed E-state index contributed by atoms with van der Waals surface area (Å²) in [5.41, 5.74) is 4.90. The minimum Gasteiger partial charge on any atom is -0.286 e. The van der Waals surface area contributed by atoms with Gasteiger partial charge in [0.2, 0.25) is 5.52 Å². The van der Waals surface area contributed by atoms with Crippen molar-refractivity contribution in [1.29, 1.82) is 0 Å². The van der Waals surface area contributed by atoms with E-state index in [9.17, 15) is 0 Å². The van der Waals surface area contributed by atoms with Gasteiger partial charge < -0.3 is 0 Å². The standard InChI is InChI=1S/C14H9N4S/c1-2-10-11(16-4-1)7-17-12-6-9-3-5-15-8-18(9)14(12)19-13(10)17/h1-6,8H,7H2/q+1. The van der Waals surface area contributed by atoms with Gasteiger partial charge >= 0.3 is 0 Å². The molecule has 0 radical (unpaired) electrons. The lowest BCUT2D eigenvalue weighted by molar-refractivity contribution is -0.642. The summed E-state index contributed by atoms with van der Waals surface area (Å²) in [5, 5.41) is 1.30. The Labute approximate surface area is 112 Å². The minimum absolute atomic E-state index is 0.871. The minimum atomic E-state index is 0.871. The monoisotopic (exact) mass is 265 g/mol. The zero-order valence-electron chi connectivity index (χ0n) is 9.95. The van der Waals surface area contributed by atoms with Crippen molar-refractivity contribution in [2.24, 2.45) is 0 Å². The van der Waals surface area contributed by atoms with Crippen LogP contribution < -0.4 is 4.57 Å². The lowest BCUT2D eigenvalue weighted by atomic mass is 10.2. The maximum Gasteiger partial charge on any atom is 0.274 e. The van der Waals surface area contributed by atoms with Gasteiger partial charge in [0.1, 0.15) is 12.0 Å². The highest BCUT2D eigenvalue weighted by molar-refractivity contribution is 7.20. The van der Waals surface area contributed by atoms with Crippen LogP contribution in [0.15, 0.2) is 43.0 Å². The van der Waals surface area contributed by atoms with Crippen molar-refractivity contribution in [2.45, 2.75) is 6.54 Å². The molecule has 0 saturated carbocycles. The second kappa shape index (κ2) is 3.19. The fraction of sp³-hybridized carbons (Fsp3) is 0.0714. The summed E-state index contributed by atoms with van der Waals surface area (Å²) in [6.45, 7) is 0.871. The first-order valence-corrected chi connectivity index (χ1v) is 6.95. The summed E-state index contributed by atoms with van der Waals surface area (Å²) in [7, 11) is 0. The summed E-state index contributed by atoms with van der Waals surface area (Å²) < 4.78 is 4.51. The van der Waals surface area contributed by atoms with Crippen LogP contribution in [0.25, 0.3) is 26.4 Å². The van der Waals surface area contributed by atoms with Crippen molar-refractivity contribution in [2.75, 3.05) is 0 Å². The van der Waals surface area contributed by atoms with E-state index < -0.39 is 0 Å². The van der Waals surface area contributed by atoms with Crippen molar-refractivity contribution in [3.8, 4) is 10.6 Å². The van der Waals surface area contributed by atoms with Crippen LogP contribution in [0.5, 0.6) is 0 Å². The third kappa shape index (κ3) is 1.11. The number of hydrogen-bond acceptors (Lipinski definition) is 3. The number of aromatic nitrogens is 4.